The van der Waals surface area contributed by atoms with Gasteiger partial charge in [0.05, 0.1) is 18.2 Å². The van der Waals surface area contributed by atoms with Gasteiger partial charge >= 0.3 is 11.9 Å². The molecule has 0 aliphatic heterocycles. The van der Waals surface area contributed by atoms with Gasteiger partial charge < -0.3 is 20.3 Å². The number of amides is 1. The standard InChI is InChI=1S/C18H14BrNO6/c1-26-15-4-3-13(19)7-10(15)2-5-16(21)20-14-8-11(17(22)23)6-12(9-14)18(24)25/h2-9H,1H3,(H,20,21)(H,22,23)(H,24,25). The maximum atomic E-state index is 12.1. The van der Waals surface area contributed by atoms with Crippen LogP contribution in [-0.2, 0) is 4.79 Å². The summed E-state index contributed by atoms with van der Waals surface area (Å²) in [5, 5.41) is 20.5. The molecule has 0 radical (unpaired) electrons. The quantitative estimate of drug-likeness (QED) is 0.617. The molecule has 3 N–H and O–H groups in total. The highest BCUT2D eigenvalue weighted by Gasteiger charge is 2.12. The average Bonchev–Trinajstić information content (AvgIpc) is 2.59. The maximum Gasteiger partial charge on any atom is 0.335 e. The zero-order chi connectivity index (χ0) is 19.3. The average molecular weight is 420 g/mol. The number of hydrogen-bond donors (Lipinski definition) is 3. The number of carbonyl (C=O) groups is 3. The fourth-order valence-corrected chi connectivity index (χ4v) is 2.51. The summed E-state index contributed by atoms with van der Waals surface area (Å²) in [5.74, 6) is -2.57. The summed E-state index contributed by atoms with van der Waals surface area (Å²) in [7, 11) is 1.51. The summed E-state index contributed by atoms with van der Waals surface area (Å²) < 4.78 is 6.01. The normalized spacial score (nSPS) is 10.5. The minimum atomic E-state index is -1.29. The van der Waals surface area contributed by atoms with Crippen molar-refractivity contribution in [2.24, 2.45) is 0 Å². The van der Waals surface area contributed by atoms with E-state index >= 15 is 0 Å². The van der Waals surface area contributed by atoms with E-state index in [0.717, 1.165) is 10.5 Å². The van der Waals surface area contributed by atoms with Crippen molar-refractivity contribution in [1.82, 2.24) is 0 Å². The topological polar surface area (TPSA) is 113 Å². The van der Waals surface area contributed by atoms with Gasteiger partial charge in [-0.3, -0.25) is 4.79 Å². The number of carbonyl (C=O) groups excluding carboxylic acids is 1. The third kappa shape index (κ3) is 4.93. The maximum absolute atomic E-state index is 12.1. The van der Waals surface area contributed by atoms with Gasteiger partial charge in [-0.05, 0) is 42.5 Å². The second kappa shape index (κ2) is 8.30. The Morgan fingerprint density at radius 1 is 1.04 bits per heavy atom. The summed E-state index contributed by atoms with van der Waals surface area (Å²) >= 11 is 3.33. The summed E-state index contributed by atoms with van der Waals surface area (Å²) in [4.78, 5) is 34.3. The van der Waals surface area contributed by atoms with Crippen LogP contribution >= 0.6 is 15.9 Å². The van der Waals surface area contributed by atoms with Gasteiger partial charge in [0.1, 0.15) is 5.75 Å². The largest absolute Gasteiger partial charge is 0.496 e. The van der Waals surface area contributed by atoms with Crippen LogP contribution in [-0.4, -0.2) is 35.2 Å². The Morgan fingerprint density at radius 3 is 2.19 bits per heavy atom. The molecule has 1 amide bonds. The first-order chi connectivity index (χ1) is 12.3. The smallest absolute Gasteiger partial charge is 0.335 e. The van der Waals surface area contributed by atoms with Crippen molar-refractivity contribution in [3.8, 4) is 5.75 Å². The lowest BCUT2D eigenvalue weighted by Gasteiger charge is -2.07. The molecule has 0 unspecified atom stereocenters. The van der Waals surface area contributed by atoms with Crippen LogP contribution in [0.3, 0.4) is 0 Å². The first-order valence-corrected chi connectivity index (χ1v) is 8.03. The molecule has 0 bridgehead atoms. The first kappa shape index (κ1) is 19.2. The van der Waals surface area contributed by atoms with Crippen molar-refractivity contribution in [3.63, 3.8) is 0 Å². The van der Waals surface area contributed by atoms with Crippen LogP contribution in [0.15, 0.2) is 46.9 Å². The molecule has 0 spiro atoms. The van der Waals surface area contributed by atoms with Crippen LogP contribution in [0.5, 0.6) is 5.75 Å². The predicted octanol–water partition coefficient (Wildman–Crippen LogP) is 3.51. The lowest BCUT2D eigenvalue weighted by Crippen LogP contribution is -2.10. The van der Waals surface area contributed by atoms with Crippen LogP contribution in [0.1, 0.15) is 26.3 Å². The number of carboxylic acids is 2. The third-order valence-corrected chi connectivity index (χ3v) is 3.79. The Labute approximate surface area is 157 Å². The SMILES string of the molecule is COc1ccc(Br)cc1C=CC(=O)Nc1cc(C(=O)O)cc(C(=O)O)c1. The number of hydrogen-bond acceptors (Lipinski definition) is 4. The van der Waals surface area contributed by atoms with Gasteiger partial charge in [-0.25, -0.2) is 9.59 Å². The third-order valence-electron chi connectivity index (χ3n) is 3.30. The molecule has 2 aromatic carbocycles. The van der Waals surface area contributed by atoms with Gasteiger partial charge in [0.25, 0.3) is 0 Å². The van der Waals surface area contributed by atoms with Crippen LogP contribution in [0.25, 0.3) is 6.08 Å². The number of aromatic carboxylic acids is 2. The van der Waals surface area contributed by atoms with Crippen molar-refractivity contribution >= 4 is 45.5 Å². The number of nitrogens with one attached hydrogen (secondary N) is 1. The highest BCUT2D eigenvalue weighted by atomic mass is 79.9. The van der Waals surface area contributed by atoms with E-state index in [1.165, 1.54) is 31.4 Å². The van der Waals surface area contributed by atoms with Gasteiger partial charge in [0.15, 0.2) is 0 Å². The van der Waals surface area contributed by atoms with E-state index in [4.69, 9.17) is 14.9 Å². The molecule has 0 saturated carbocycles. The Balaban J connectivity index is 2.23. The second-order valence-electron chi connectivity index (χ2n) is 5.12. The number of rotatable bonds is 6. The number of anilines is 1. The molecule has 0 saturated heterocycles. The van der Waals surface area contributed by atoms with Crippen LogP contribution < -0.4 is 10.1 Å². The molecular weight excluding hydrogens is 406 g/mol. The van der Waals surface area contributed by atoms with E-state index in [1.807, 2.05) is 0 Å². The van der Waals surface area contributed by atoms with E-state index in [-0.39, 0.29) is 16.8 Å². The highest BCUT2D eigenvalue weighted by molar-refractivity contribution is 9.10. The zero-order valence-corrected chi connectivity index (χ0v) is 15.1. The van der Waals surface area contributed by atoms with Gasteiger partial charge in [-0.1, -0.05) is 15.9 Å². The lowest BCUT2D eigenvalue weighted by atomic mass is 10.1. The zero-order valence-electron chi connectivity index (χ0n) is 13.5. The molecule has 0 aliphatic carbocycles. The van der Waals surface area contributed by atoms with E-state index in [1.54, 1.807) is 18.2 Å². The Morgan fingerprint density at radius 2 is 1.65 bits per heavy atom. The summed E-state index contributed by atoms with van der Waals surface area (Å²) in [6, 6.07) is 8.66. The molecule has 2 rings (SSSR count). The summed E-state index contributed by atoms with van der Waals surface area (Å²) in [6.45, 7) is 0. The molecule has 26 heavy (non-hydrogen) atoms. The second-order valence-corrected chi connectivity index (χ2v) is 6.03. The predicted molar refractivity (Wildman–Crippen MR) is 98.7 cm³/mol. The van der Waals surface area contributed by atoms with Gasteiger partial charge in [-0.15, -0.1) is 0 Å². The number of ether oxygens (including phenoxy) is 1. The fourth-order valence-electron chi connectivity index (χ4n) is 2.13. The lowest BCUT2D eigenvalue weighted by molar-refractivity contribution is -0.111. The van der Waals surface area contributed by atoms with Crippen molar-refractivity contribution < 1.29 is 29.3 Å². The molecule has 2 aromatic rings. The number of carboxylic acid groups (broad SMARTS) is 2. The molecule has 134 valence electrons. The van der Waals surface area contributed by atoms with Crippen molar-refractivity contribution in [2.75, 3.05) is 12.4 Å². The molecule has 0 heterocycles. The van der Waals surface area contributed by atoms with E-state index in [9.17, 15) is 14.4 Å². The van der Waals surface area contributed by atoms with Gasteiger partial charge in [0.2, 0.25) is 5.91 Å². The molecule has 0 fully saturated rings. The minimum absolute atomic E-state index is 0.0677. The fraction of sp³-hybridized carbons (Fsp3) is 0.0556. The highest BCUT2D eigenvalue weighted by Crippen LogP contribution is 2.24. The number of halogens is 1. The molecule has 0 atom stereocenters. The molecular formula is C18H14BrNO6. The molecule has 8 heteroatoms. The molecule has 0 aliphatic rings. The van der Waals surface area contributed by atoms with E-state index in [0.29, 0.717) is 11.3 Å². The van der Waals surface area contributed by atoms with Gasteiger partial charge in [-0.2, -0.15) is 0 Å². The minimum Gasteiger partial charge on any atom is -0.496 e. The Kier molecular flexibility index (Phi) is 6.13. The van der Waals surface area contributed by atoms with Crippen LogP contribution in [0.2, 0.25) is 0 Å². The van der Waals surface area contributed by atoms with Crippen molar-refractivity contribution in [2.45, 2.75) is 0 Å². The molecule has 0 aromatic heterocycles. The van der Waals surface area contributed by atoms with Crippen LogP contribution in [0.4, 0.5) is 5.69 Å². The van der Waals surface area contributed by atoms with E-state index < -0.39 is 17.8 Å². The summed E-state index contributed by atoms with van der Waals surface area (Å²) in [6.07, 6.45) is 2.76. The van der Waals surface area contributed by atoms with Crippen molar-refractivity contribution in [1.29, 1.82) is 0 Å². The number of benzene rings is 2. The first-order valence-electron chi connectivity index (χ1n) is 7.24. The van der Waals surface area contributed by atoms with Crippen molar-refractivity contribution in [3.05, 3.63) is 63.6 Å². The van der Waals surface area contributed by atoms with Gasteiger partial charge in [0, 0.05) is 21.8 Å². The molecule has 7 nitrogen and oxygen atoms in total. The monoisotopic (exact) mass is 419 g/mol. The Hall–Kier alpha value is -3.13. The Bertz CT molecular complexity index is 874. The summed E-state index contributed by atoms with van der Waals surface area (Å²) in [5.41, 5.74) is 0.247. The van der Waals surface area contributed by atoms with E-state index in [2.05, 4.69) is 21.2 Å². The van der Waals surface area contributed by atoms with Crippen LogP contribution in [0, 0.1) is 0 Å². The number of methoxy groups -OCH3 is 1.